The standard InChI is InChI=1S/C9H7ClF2N4O2S2/c10-4-1-2-5(15(17)18)8-7(4)9(16(19)20)13-14(8)3-6(11)12/h1-2,6,19-20H,3H2. The molecule has 0 saturated heterocycles. The van der Waals surface area contributed by atoms with Crippen LogP contribution in [0, 0.1) is 10.1 Å². The molecule has 0 fully saturated rings. The first kappa shape index (κ1) is 15.1. The molecular weight excluding hydrogens is 334 g/mol. The summed E-state index contributed by atoms with van der Waals surface area (Å²) >= 11 is 13.8. The Balaban J connectivity index is 2.85. The Hall–Kier alpha value is -1.26. The Morgan fingerprint density at radius 3 is 2.65 bits per heavy atom. The van der Waals surface area contributed by atoms with E-state index in [4.69, 9.17) is 11.6 Å². The fourth-order valence-corrected chi connectivity index (χ4v) is 2.31. The van der Waals surface area contributed by atoms with Gasteiger partial charge >= 0.3 is 0 Å². The normalized spacial score (nSPS) is 11.3. The van der Waals surface area contributed by atoms with Crippen molar-refractivity contribution in [2.45, 2.75) is 13.0 Å². The van der Waals surface area contributed by atoms with Gasteiger partial charge in [-0.2, -0.15) is 5.10 Å². The summed E-state index contributed by atoms with van der Waals surface area (Å²) in [5.41, 5.74) is -0.460. The number of nitro groups is 1. The van der Waals surface area contributed by atoms with Crippen LogP contribution in [0.4, 0.5) is 20.3 Å². The average molecular weight is 341 g/mol. The minimum Gasteiger partial charge on any atom is -0.258 e. The van der Waals surface area contributed by atoms with Crippen molar-refractivity contribution < 1.29 is 13.7 Å². The lowest BCUT2D eigenvalue weighted by Gasteiger charge is -2.05. The van der Waals surface area contributed by atoms with Crippen LogP contribution in [0.5, 0.6) is 0 Å². The highest BCUT2D eigenvalue weighted by molar-refractivity contribution is 8.00. The maximum Gasteiger partial charge on any atom is 0.295 e. The minimum atomic E-state index is -2.72. The van der Waals surface area contributed by atoms with Gasteiger partial charge in [-0.1, -0.05) is 37.2 Å². The van der Waals surface area contributed by atoms with Crippen LogP contribution in [0.15, 0.2) is 12.1 Å². The number of anilines is 1. The Bertz CT molecular complexity index is 680. The number of rotatable bonds is 4. The van der Waals surface area contributed by atoms with Crippen molar-refractivity contribution in [3.05, 3.63) is 27.3 Å². The second-order valence-electron chi connectivity index (χ2n) is 3.73. The van der Waals surface area contributed by atoms with Crippen molar-refractivity contribution in [3.8, 4) is 0 Å². The largest absolute Gasteiger partial charge is 0.295 e. The van der Waals surface area contributed by atoms with Gasteiger partial charge in [0.05, 0.1) is 15.3 Å². The molecule has 0 aliphatic carbocycles. The van der Waals surface area contributed by atoms with Gasteiger partial charge in [0.25, 0.3) is 12.1 Å². The summed E-state index contributed by atoms with van der Waals surface area (Å²) < 4.78 is 26.9. The second-order valence-corrected chi connectivity index (χ2v) is 5.26. The first-order valence-corrected chi connectivity index (χ1v) is 6.30. The van der Waals surface area contributed by atoms with Crippen LogP contribution in [0.25, 0.3) is 10.9 Å². The van der Waals surface area contributed by atoms with Crippen molar-refractivity contribution in [3.63, 3.8) is 0 Å². The molecule has 0 N–H and O–H groups in total. The van der Waals surface area contributed by atoms with Crippen LogP contribution in [0.3, 0.4) is 0 Å². The number of thiol groups is 2. The van der Waals surface area contributed by atoms with Crippen LogP contribution in [0.2, 0.25) is 5.02 Å². The SMILES string of the molecule is O=[N+]([O-])c1ccc(Cl)c2c(N(S)S)nn(CC(F)F)c12. The maximum absolute atomic E-state index is 12.6. The van der Waals surface area contributed by atoms with E-state index in [2.05, 4.69) is 30.7 Å². The lowest BCUT2D eigenvalue weighted by Crippen LogP contribution is -2.09. The number of alkyl halides is 2. The van der Waals surface area contributed by atoms with E-state index in [1.165, 1.54) is 6.07 Å². The minimum absolute atomic E-state index is 0.0426. The van der Waals surface area contributed by atoms with Gasteiger partial charge in [0.15, 0.2) is 5.82 Å². The summed E-state index contributed by atoms with van der Waals surface area (Å²) in [6.07, 6.45) is -2.72. The lowest BCUT2D eigenvalue weighted by molar-refractivity contribution is -0.383. The van der Waals surface area contributed by atoms with Crippen molar-refractivity contribution in [1.29, 1.82) is 0 Å². The number of benzene rings is 1. The average Bonchev–Trinajstić information content (AvgIpc) is 2.69. The molecule has 108 valence electrons. The van der Waals surface area contributed by atoms with Gasteiger partial charge in [-0.15, -0.1) is 0 Å². The summed E-state index contributed by atoms with van der Waals surface area (Å²) in [5.74, 6) is 0.0426. The molecule has 0 saturated carbocycles. The fraction of sp³-hybridized carbons (Fsp3) is 0.222. The molecule has 0 bridgehead atoms. The van der Waals surface area contributed by atoms with Crippen molar-refractivity contribution in [2.75, 3.05) is 3.71 Å². The van der Waals surface area contributed by atoms with Crippen LogP contribution in [-0.2, 0) is 6.54 Å². The highest BCUT2D eigenvalue weighted by Crippen LogP contribution is 2.38. The number of non-ortho nitro benzene ring substituents is 1. The van der Waals surface area contributed by atoms with Gasteiger partial charge in [-0.25, -0.2) is 17.2 Å². The van der Waals surface area contributed by atoms with Crippen LogP contribution in [-0.4, -0.2) is 21.1 Å². The molecule has 1 heterocycles. The Morgan fingerprint density at radius 2 is 2.15 bits per heavy atom. The molecule has 11 heteroatoms. The third kappa shape index (κ3) is 2.63. The molecule has 1 aromatic carbocycles. The Labute approximate surface area is 127 Å². The zero-order valence-corrected chi connectivity index (χ0v) is 12.1. The van der Waals surface area contributed by atoms with E-state index in [1.807, 2.05) is 0 Å². The van der Waals surface area contributed by atoms with Gasteiger partial charge < -0.3 is 0 Å². The predicted molar refractivity (Wildman–Crippen MR) is 77.9 cm³/mol. The highest BCUT2D eigenvalue weighted by Gasteiger charge is 2.25. The van der Waals surface area contributed by atoms with E-state index in [9.17, 15) is 18.9 Å². The number of hydrogen-bond acceptors (Lipinski definition) is 6. The molecule has 0 amide bonds. The Kier molecular flexibility index (Phi) is 4.25. The van der Waals surface area contributed by atoms with Gasteiger partial charge in [0.1, 0.15) is 12.1 Å². The molecule has 0 aliphatic rings. The molecule has 20 heavy (non-hydrogen) atoms. The van der Waals surface area contributed by atoms with Crippen molar-refractivity contribution in [1.82, 2.24) is 9.78 Å². The van der Waals surface area contributed by atoms with Crippen LogP contribution >= 0.6 is 37.2 Å². The molecule has 0 unspecified atom stereocenters. The second kappa shape index (κ2) is 5.62. The lowest BCUT2D eigenvalue weighted by atomic mass is 10.2. The number of aromatic nitrogens is 2. The smallest absolute Gasteiger partial charge is 0.258 e. The van der Waals surface area contributed by atoms with Gasteiger partial charge in [0, 0.05) is 6.07 Å². The number of nitro benzene ring substituents is 1. The fourth-order valence-electron chi connectivity index (χ4n) is 1.79. The molecule has 0 spiro atoms. The molecule has 2 aromatic rings. The molecule has 0 aliphatic heterocycles. The summed E-state index contributed by atoms with van der Waals surface area (Å²) in [6, 6.07) is 2.43. The molecule has 0 atom stereocenters. The molecule has 2 rings (SSSR count). The van der Waals surface area contributed by atoms with E-state index in [0.29, 0.717) is 0 Å². The zero-order valence-electron chi connectivity index (χ0n) is 9.57. The van der Waals surface area contributed by atoms with E-state index >= 15 is 0 Å². The Morgan fingerprint density at radius 1 is 1.50 bits per heavy atom. The quantitative estimate of drug-likeness (QED) is 0.509. The molecule has 1 aromatic heterocycles. The summed E-state index contributed by atoms with van der Waals surface area (Å²) in [4.78, 5) is 10.3. The number of halogens is 3. The van der Waals surface area contributed by atoms with Gasteiger partial charge in [-0.3, -0.25) is 10.1 Å². The zero-order chi connectivity index (χ0) is 15.0. The van der Waals surface area contributed by atoms with Crippen molar-refractivity contribution in [2.24, 2.45) is 0 Å². The van der Waals surface area contributed by atoms with Crippen LogP contribution < -0.4 is 3.71 Å². The van der Waals surface area contributed by atoms with Gasteiger partial charge in [-0.05, 0) is 6.07 Å². The third-order valence-electron chi connectivity index (χ3n) is 2.50. The highest BCUT2D eigenvalue weighted by atomic mass is 35.5. The summed E-state index contributed by atoms with van der Waals surface area (Å²) in [5, 5.41) is 15.2. The van der Waals surface area contributed by atoms with Gasteiger partial charge in [0.2, 0.25) is 0 Å². The van der Waals surface area contributed by atoms with E-state index in [0.717, 1.165) is 14.5 Å². The number of fused-ring (bicyclic) bond motifs is 1. The number of hydrogen-bond donors (Lipinski definition) is 2. The topological polar surface area (TPSA) is 64.2 Å². The predicted octanol–water partition coefficient (Wildman–Crippen LogP) is 3.36. The van der Waals surface area contributed by atoms with Crippen LogP contribution in [0.1, 0.15) is 0 Å². The summed E-state index contributed by atoms with van der Waals surface area (Å²) in [7, 11) is 0. The van der Waals surface area contributed by atoms with E-state index in [1.54, 1.807) is 0 Å². The monoisotopic (exact) mass is 340 g/mol. The van der Waals surface area contributed by atoms with E-state index < -0.39 is 17.9 Å². The molecular formula is C9H7ClF2N4O2S2. The van der Waals surface area contributed by atoms with Crippen molar-refractivity contribution >= 4 is 59.6 Å². The molecule has 6 nitrogen and oxygen atoms in total. The third-order valence-corrected chi connectivity index (χ3v) is 3.19. The first-order valence-electron chi connectivity index (χ1n) is 5.12. The number of nitrogens with zero attached hydrogens (tertiary/aromatic N) is 4. The first-order chi connectivity index (χ1) is 9.32. The van der Waals surface area contributed by atoms with E-state index in [-0.39, 0.29) is 27.4 Å². The maximum atomic E-state index is 12.6. The summed E-state index contributed by atoms with van der Waals surface area (Å²) in [6.45, 7) is -0.799. The molecule has 0 radical (unpaired) electrons.